The van der Waals surface area contributed by atoms with Gasteiger partial charge in [0, 0.05) is 12.8 Å². The minimum absolute atomic E-state index is 0. The third-order valence-electron chi connectivity index (χ3n) is 2.53. The van der Waals surface area contributed by atoms with Crippen molar-refractivity contribution in [2.45, 2.75) is 37.8 Å². The molecule has 0 aliphatic heterocycles. The molecule has 0 fully saturated rings. The molecule has 0 heterocycles. The quantitative estimate of drug-likeness (QED) is 0.125. The van der Waals surface area contributed by atoms with Gasteiger partial charge in [-0.05, 0) is 12.8 Å². The maximum Gasteiger partial charge on any atom is 1.00 e. The summed E-state index contributed by atoms with van der Waals surface area (Å²) in [5, 5.41) is 17.0. The van der Waals surface area contributed by atoms with Crippen LogP contribution in [0.15, 0.2) is 0 Å². The van der Waals surface area contributed by atoms with Crippen molar-refractivity contribution in [1.29, 1.82) is 0 Å². The zero-order valence-electron chi connectivity index (χ0n) is 18.3. The maximum atomic E-state index is 11.2. The molecule has 0 saturated carbocycles. The normalized spacial score (nSPS) is 11.2. The molecule has 0 saturated heterocycles. The summed E-state index contributed by atoms with van der Waals surface area (Å²) in [4.78, 5) is 65.6. The van der Waals surface area contributed by atoms with Crippen molar-refractivity contribution in [1.82, 2.24) is 0 Å². The van der Waals surface area contributed by atoms with E-state index in [4.69, 9.17) is 21.7 Å². The first-order valence-corrected chi connectivity index (χ1v) is 6.51. The van der Waals surface area contributed by atoms with E-state index in [0.29, 0.717) is 0 Å². The molecule has 0 aliphatic rings. The van der Waals surface area contributed by atoms with Crippen molar-refractivity contribution in [3.8, 4) is 0 Å². The van der Waals surface area contributed by atoms with Crippen molar-refractivity contribution in [3.63, 3.8) is 0 Å². The van der Waals surface area contributed by atoms with Gasteiger partial charge in [-0.3, -0.25) is 19.2 Å². The molecule has 0 aromatic rings. The maximum absolute atomic E-state index is 11.2. The van der Waals surface area contributed by atoms with Crippen LogP contribution in [0.3, 0.4) is 0 Å². The molecule has 140 valence electrons. The number of carboxylic acids is 2. The standard InChI is InChI=1S/C12H16N2O10.3Na.3H/c13-5(9(17)18)1-3-7(15)23-11(21)12(22)24-8(16)4-2-6(14)10(19)20;;;;;;/h5-6H,1-4,13-14H2,(H,17,18)(H,19,20);;;;;;/q;3*+1;3*-1/t5-,6-;;;;;;/m0....../s1. The van der Waals surface area contributed by atoms with Gasteiger partial charge in [-0.15, -0.1) is 0 Å². The summed E-state index contributed by atoms with van der Waals surface area (Å²) in [6, 6.07) is -2.70. The fourth-order valence-corrected chi connectivity index (χ4v) is 1.19. The van der Waals surface area contributed by atoms with E-state index >= 15 is 0 Å². The van der Waals surface area contributed by atoms with Crippen molar-refractivity contribution >= 4 is 35.8 Å². The Morgan fingerprint density at radius 3 is 1.19 bits per heavy atom. The smallest absolute Gasteiger partial charge is 1.00 e. The topological polar surface area (TPSA) is 213 Å². The largest absolute Gasteiger partial charge is 1.00 e. The van der Waals surface area contributed by atoms with Gasteiger partial charge in [-0.25, -0.2) is 9.59 Å². The Hall–Kier alpha value is 0.140. The van der Waals surface area contributed by atoms with Gasteiger partial charge in [-0.1, -0.05) is 0 Å². The Kier molecular flexibility index (Phi) is 23.3. The fourth-order valence-electron chi connectivity index (χ4n) is 1.19. The Labute approximate surface area is 224 Å². The third-order valence-corrected chi connectivity index (χ3v) is 2.53. The molecule has 12 nitrogen and oxygen atoms in total. The molecule has 0 unspecified atom stereocenters. The van der Waals surface area contributed by atoms with E-state index < -0.39 is 60.7 Å². The Balaban J connectivity index is -0.000000176. The summed E-state index contributed by atoms with van der Waals surface area (Å²) in [6.07, 6.45) is -1.76. The van der Waals surface area contributed by atoms with Gasteiger partial charge in [-0.2, -0.15) is 0 Å². The molecule has 6 N–H and O–H groups in total. The molecule has 0 amide bonds. The van der Waals surface area contributed by atoms with Gasteiger partial charge >= 0.3 is 124 Å². The van der Waals surface area contributed by atoms with Crippen LogP contribution in [0, 0.1) is 0 Å². The number of carbonyl (C=O) groups is 6. The van der Waals surface area contributed by atoms with Crippen molar-refractivity contribution in [2.75, 3.05) is 0 Å². The van der Waals surface area contributed by atoms with Crippen LogP contribution in [-0.4, -0.2) is 58.1 Å². The van der Waals surface area contributed by atoms with Crippen LogP contribution in [0.25, 0.3) is 0 Å². The number of esters is 4. The van der Waals surface area contributed by atoms with Gasteiger partial charge in [0.05, 0.1) is 0 Å². The molecule has 0 aromatic heterocycles. The van der Waals surface area contributed by atoms with Crippen LogP contribution in [0.2, 0.25) is 0 Å². The van der Waals surface area contributed by atoms with Crippen LogP contribution in [0.1, 0.15) is 30.0 Å². The fraction of sp³-hybridized carbons (Fsp3) is 0.500. The van der Waals surface area contributed by atoms with Gasteiger partial charge in [0.25, 0.3) is 0 Å². The monoisotopic (exact) mass is 420 g/mol. The van der Waals surface area contributed by atoms with E-state index in [9.17, 15) is 28.8 Å². The summed E-state index contributed by atoms with van der Waals surface area (Å²) >= 11 is 0. The first-order valence-electron chi connectivity index (χ1n) is 6.51. The number of ether oxygens (including phenoxy) is 2. The molecule has 0 spiro atoms. The Morgan fingerprint density at radius 1 is 0.704 bits per heavy atom. The van der Waals surface area contributed by atoms with E-state index in [1.165, 1.54) is 0 Å². The molecular formula is C12H19N2Na3O10. The zero-order valence-corrected chi connectivity index (χ0v) is 21.3. The van der Waals surface area contributed by atoms with Crippen molar-refractivity contribution in [3.05, 3.63) is 0 Å². The van der Waals surface area contributed by atoms with E-state index in [1.54, 1.807) is 0 Å². The van der Waals surface area contributed by atoms with Crippen LogP contribution in [-0.2, 0) is 38.2 Å². The predicted octanol–water partition coefficient (Wildman–Crippen LogP) is -11.1. The molecule has 0 aliphatic carbocycles. The number of carbonyl (C=O) groups excluding carboxylic acids is 4. The minimum Gasteiger partial charge on any atom is -1.00 e. The molecule has 15 heteroatoms. The number of nitrogens with two attached hydrogens (primary N) is 2. The zero-order chi connectivity index (χ0) is 18.9. The second kappa shape index (κ2) is 18.2. The van der Waals surface area contributed by atoms with Crippen molar-refractivity contribution in [2.24, 2.45) is 11.5 Å². The third kappa shape index (κ3) is 16.8. The molecule has 0 bridgehead atoms. The summed E-state index contributed by atoms with van der Waals surface area (Å²) in [7, 11) is 0. The van der Waals surface area contributed by atoms with E-state index in [0.717, 1.165) is 0 Å². The summed E-state index contributed by atoms with van der Waals surface area (Å²) in [5.41, 5.74) is 10.2. The Morgan fingerprint density at radius 2 is 0.963 bits per heavy atom. The Bertz CT molecular complexity index is 524. The predicted molar refractivity (Wildman–Crippen MR) is 75.2 cm³/mol. The van der Waals surface area contributed by atoms with Crippen LogP contribution < -0.4 is 100 Å². The van der Waals surface area contributed by atoms with E-state index in [2.05, 4.69) is 9.47 Å². The second-order valence-electron chi connectivity index (χ2n) is 4.49. The molecule has 0 aromatic carbocycles. The number of carboxylic acid groups (broad SMARTS) is 2. The molecular weight excluding hydrogens is 401 g/mol. The van der Waals surface area contributed by atoms with Gasteiger partial charge in [0.2, 0.25) is 0 Å². The average Bonchev–Trinajstić information content (AvgIpc) is 2.49. The summed E-state index contributed by atoms with van der Waals surface area (Å²) in [6.45, 7) is 0. The molecule has 0 radical (unpaired) electrons. The van der Waals surface area contributed by atoms with E-state index in [-0.39, 0.29) is 106 Å². The number of hydrogen-bond donors (Lipinski definition) is 4. The molecule has 2 atom stereocenters. The van der Waals surface area contributed by atoms with Crippen molar-refractivity contribution < 1.29 is 141 Å². The number of rotatable bonds is 8. The second-order valence-corrected chi connectivity index (χ2v) is 4.49. The average molecular weight is 420 g/mol. The van der Waals surface area contributed by atoms with Gasteiger partial charge < -0.3 is 35.4 Å². The van der Waals surface area contributed by atoms with Crippen LogP contribution >= 0.6 is 0 Å². The first kappa shape index (κ1) is 34.6. The number of hydrogen-bond acceptors (Lipinski definition) is 10. The molecule has 27 heavy (non-hydrogen) atoms. The van der Waals surface area contributed by atoms with Gasteiger partial charge in [0.15, 0.2) is 0 Å². The van der Waals surface area contributed by atoms with Crippen LogP contribution in [0.5, 0.6) is 0 Å². The first-order chi connectivity index (χ1) is 11.0. The SMILES string of the molecule is N[C@@H](CCC(=O)OC(=O)C(=O)OC(=O)CC[C@H](N)C(=O)O)C(=O)O.[H-].[H-].[H-].[Na+].[Na+].[Na+]. The summed E-state index contributed by atoms with van der Waals surface area (Å²) in [5.74, 6) is -8.74. The summed E-state index contributed by atoms with van der Waals surface area (Å²) < 4.78 is 8.07. The van der Waals surface area contributed by atoms with E-state index in [1.807, 2.05) is 0 Å². The minimum atomic E-state index is -1.78. The van der Waals surface area contributed by atoms with Gasteiger partial charge in [0.1, 0.15) is 12.1 Å². The number of aliphatic carboxylic acids is 2. The van der Waals surface area contributed by atoms with Crippen LogP contribution in [0.4, 0.5) is 0 Å². The molecule has 0 rings (SSSR count).